The molecular weight excluding hydrogens is 368 g/mol. The molecule has 0 aromatic heterocycles. The van der Waals surface area contributed by atoms with E-state index < -0.39 is 16.0 Å². The number of benzene rings is 1. The van der Waals surface area contributed by atoms with Gasteiger partial charge in [-0.3, -0.25) is 0 Å². The van der Waals surface area contributed by atoms with Gasteiger partial charge in [-0.1, -0.05) is 0 Å². The summed E-state index contributed by atoms with van der Waals surface area (Å²) in [5, 5.41) is 0. The van der Waals surface area contributed by atoms with Gasteiger partial charge in [0.25, 0.3) is 0 Å². The number of hydrogen-bond acceptors (Lipinski definition) is 1. The van der Waals surface area contributed by atoms with Gasteiger partial charge in [-0.15, -0.1) is 0 Å². The van der Waals surface area contributed by atoms with Gasteiger partial charge in [-0.25, -0.2) is 0 Å². The van der Waals surface area contributed by atoms with Crippen LogP contribution in [-0.2, 0) is 0 Å². The number of halogens is 1. The first kappa shape index (κ1) is 11.6. The van der Waals surface area contributed by atoms with Crippen molar-refractivity contribution in [1.29, 1.82) is 0 Å². The quantitative estimate of drug-likeness (QED) is 0.570. The molecule has 15 heavy (non-hydrogen) atoms. The molecule has 0 amide bonds. The summed E-state index contributed by atoms with van der Waals surface area (Å²) in [7, 11) is 0. The van der Waals surface area contributed by atoms with Gasteiger partial charge in [0.2, 0.25) is 0 Å². The fourth-order valence-corrected chi connectivity index (χ4v) is 13.7. The Labute approximate surface area is 101 Å². The molecule has 1 aromatic rings. The van der Waals surface area contributed by atoms with Crippen LogP contribution in [-0.4, -0.2) is 21.8 Å². The zero-order valence-electron chi connectivity index (χ0n) is 8.62. The van der Waals surface area contributed by atoms with Crippen LogP contribution in [0.15, 0.2) is 30.3 Å². The molecule has 0 radical (unpaired) electrons. The first-order valence-corrected chi connectivity index (χ1v) is 15.4. The van der Waals surface area contributed by atoms with Crippen LogP contribution >= 0.6 is 12.8 Å². The first-order valence-electron chi connectivity index (χ1n) is 5.24. The zero-order valence-corrected chi connectivity index (χ0v) is 12.5. The molecule has 1 fully saturated rings. The molecular formula is C12H15BrOTe. The minimum absolute atomic E-state index is 0.343. The van der Waals surface area contributed by atoms with Crippen LogP contribution in [0.1, 0.15) is 23.2 Å². The number of hydrogen-bond donors (Lipinski definition) is 0. The fraction of sp³-hybridized carbons (Fsp3) is 0.417. The second kappa shape index (κ2) is 4.99. The fourth-order valence-electron chi connectivity index (χ4n) is 1.91. The second-order valence-electron chi connectivity index (χ2n) is 3.99. The standard InChI is InChI=1S/C12H15BrOTe/c13-15(8-4-5-9-15)10-12(14)11-6-2-1-3-7-11/h1-3,6-7H,4-5,8-10H2. The molecule has 0 unspecified atom stereocenters. The van der Waals surface area contributed by atoms with Crippen LogP contribution < -0.4 is 0 Å². The summed E-state index contributed by atoms with van der Waals surface area (Å²) in [6.45, 7) is 0. The van der Waals surface area contributed by atoms with Gasteiger partial charge in [0.15, 0.2) is 0 Å². The first-order chi connectivity index (χ1) is 7.20. The summed E-state index contributed by atoms with van der Waals surface area (Å²) in [5.74, 6) is 0.343. The molecule has 0 N–H and O–H groups in total. The maximum atomic E-state index is 12.0. The molecule has 1 saturated heterocycles. The third kappa shape index (κ3) is 3.06. The number of ketones is 1. The molecule has 1 nitrogen and oxygen atoms in total. The maximum absolute atomic E-state index is 12.0. The molecule has 1 aliphatic rings. The van der Waals surface area contributed by atoms with E-state index in [-0.39, 0.29) is 0 Å². The van der Waals surface area contributed by atoms with Crippen molar-refractivity contribution in [3.05, 3.63) is 35.9 Å². The van der Waals surface area contributed by atoms with E-state index in [1.165, 1.54) is 21.8 Å². The van der Waals surface area contributed by atoms with E-state index in [1.807, 2.05) is 30.3 Å². The predicted octanol–water partition coefficient (Wildman–Crippen LogP) is 4.00. The van der Waals surface area contributed by atoms with Crippen molar-refractivity contribution >= 4 is 34.5 Å². The monoisotopic (exact) mass is 384 g/mol. The third-order valence-corrected chi connectivity index (χ3v) is 16.7. The summed E-state index contributed by atoms with van der Waals surface area (Å²) in [6.07, 6.45) is 2.66. The molecule has 0 saturated carbocycles. The average Bonchev–Trinajstić information content (AvgIpc) is 2.66. The van der Waals surface area contributed by atoms with Gasteiger partial charge in [0, 0.05) is 0 Å². The number of carbonyl (C=O) groups is 1. The minimum atomic E-state index is -1.90. The summed E-state index contributed by atoms with van der Waals surface area (Å²) in [6, 6.07) is 9.69. The van der Waals surface area contributed by atoms with Crippen molar-refractivity contribution in [2.75, 3.05) is 0 Å². The van der Waals surface area contributed by atoms with E-state index in [4.69, 9.17) is 0 Å². The third-order valence-electron chi connectivity index (χ3n) is 2.76. The van der Waals surface area contributed by atoms with Crippen LogP contribution in [0, 0.1) is 0 Å². The summed E-state index contributed by atoms with van der Waals surface area (Å²) in [4.78, 5) is 12.0. The number of Topliss-reactive ketones (excluding diaryl/α,β-unsaturated/α-hetero) is 1. The van der Waals surface area contributed by atoms with Crippen LogP contribution in [0.5, 0.6) is 0 Å². The van der Waals surface area contributed by atoms with Gasteiger partial charge in [0.1, 0.15) is 0 Å². The molecule has 0 atom stereocenters. The van der Waals surface area contributed by atoms with E-state index in [0.717, 1.165) is 10.0 Å². The van der Waals surface area contributed by atoms with Gasteiger partial charge < -0.3 is 0 Å². The van der Waals surface area contributed by atoms with Crippen molar-refractivity contribution < 1.29 is 4.79 Å². The van der Waals surface area contributed by atoms with Crippen LogP contribution in [0.25, 0.3) is 0 Å². The Hall–Kier alpha value is 0.160. The molecule has 0 aliphatic carbocycles. The van der Waals surface area contributed by atoms with Gasteiger partial charge in [0.05, 0.1) is 0 Å². The number of carbonyl (C=O) groups excluding carboxylic acids is 1. The van der Waals surface area contributed by atoms with Crippen molar-refractivity contribution in [1.82, 2.24) is 0 Å². The van der Waals surface area contributed by atoms with E-state index in [2.05, 4.69) is 12.8 Å². The van der Waals surface area contributed by atoms with E-state index >= 15 is 0 Å². The van der Waals surface area contributed by atoms with Gasteiger partial charge in [-0.2, -0.15) is 0 Å². The SMILES string of the molecule is O=C(C[Te]1(Br)CCCC1)c1ccccc1. The van der Waals surface area contributed by atoms with Crippen molar-refractivity contribution in [2.24, 2.45) is 0 Å². The van der Waals surface area contributed by atoms with E-state index in [0.29, 0.717) is 5.78 Å². The second-order valence-corrected chi connectivity index (χ2v) is 21.7. The van der Waals surface area contributed by atoms with Crippen molar-refractivity contribution in [3.63, 3.8) is 0 Å². The predicted molar refractivity (Wildman–Crippen MR) is 69.1 cm³/mol. The van der Waals surface area contributed by atoms with Crippen molar-refractivity contribution in [3.8, 4) is 0 Å². The molecule has 1 heterocycles. The Kier molecular flexibility index (Phi) is 3.87. The van der Waals surface area contributed by atoms with Crippen LogP contribution in [0.4, 0.5) is 0 Å². The topological polar surface area (TPSA) is 17.1 Å². The Balaban J connectivity index is 2.04. The molecule has 82 valence electrons. The Morgan fingerprint density at radius 3 is 2.40 bits per heavy atom. The summed E-state index contributed by atoms with van der Waals surface area (Å²) < 4.78 is 3.47. The summed E-state index contributed by atoms with van der Waals surface area (Å²) in [5.41, 5.74) is 0.884. The van der Waals surface area contributed by atoms with E-state index in [9.17, 15) is 4.79 Å². The average molecular weight is 383 g/mol. The van der Waals surface area contributed by atoms with Crippen LogP contribution in [0.2, 0.25) is 13.4 Å². The Morgan fingerprint density at radius 2 is 1.80 bits per heavy atom. The zero-order chi connectivity index (χ0) is 10.7. The van der Waals surface area contributed by atoms with Crippen LogP contribution in [0.3, 0.4) is 0 Å². The van der Waals surface area contributed by atoms with Gasteiger partial charge in [-0.05, 0) is 0 Å². The molecule has 3 heteroatoms. The normalized spacial score (nSPS) is 21.1. The summed E-state index contributed by atoms with van der Waals surface area (Å²) >= 11 is 2.01. The van der Waals surface area contributed by atoms with Gasteiger partial charge >= 0.3 is 101 Å². The van der Waals surface area contributed by atoms with Crippen molar-refractivity contribution in [2.45, 2.75) is 26.2 Å². The van der Waals surface area contributed by atoms with E-state index in [1.54, 1.807) is 0 Å². The Bertz CT molecular complexity index is 344. The Morgan fingerprint density at radius 1 is 1.20 bits per heavy atom. The molecule has 0 bridgehead atoms. The molecule has 0 spiro atoms. The molecule has 1 aliphatic heterocycles. The molecule has 2 rings (SSSR count). The molecule has 1 aromatic carbocycles. The number of rotatable bonds is 3.